The van der Waals surface area contributed by atoms with Gasteiger partial charge in [0, 0.05) is 12.3 Å². The van der Waals surface area contributed by atoms with E-state index in [1.165, 1.54) is 0 Å². The quantitative estimate of drug-likeness (QED) is 0.311. The Morgan fingerprint density at radius 3 is 2.92 bits per heavy atom. The van der Waals surface area contributed by atoms with Gasteiger partial charge in [-0.1, -0.05) is 22.9 Å². The standard InChI is InChI=1S/C8H14N2S2/c1-3-4-5-8(10-2)12-11-7-6-9/h3-5H,2,6-7,9H2,1H3/b4-3-,8-5+. The molecule has 0 aliphatic rings. The van der Waals surface area contributed by atoms with Gasteiger partial charge in [-0.2, -0.15) is 0 Å². The average Bonchev–Trinajstić information content (AvgIpc) is 2.11. The van der Waals surface area contributed by atoms with Gasteiger partial charge in [-0.25, -0.2) is 0 Å². The SMILES string of the molecule is C=N/C(=C\C=C/C)SSCCN. The molecule has 0 amide bonds. The number of hydrogen-bond acceptors (Lipinski definition) is 4. The van der Waals surface area contributed by atoms with Crippen LogP contribution < -0.4 is 5.73 Å². The van der Waals surface area contributed by atoms with E-state index < -0.39 is 0 Å². The summed E-state index contributed by atoms with van der Waals surface area (Å²) in [5.41, 5.74) is 5.34. The van der Waals surface area contributed by atoms with Gasteiger partial charge in [-0.15, -0.1) is 0 Å². The summed E-state index contributed by atoms with van der Waals surface area (Å²) in [6.07, 6.45) is 5.83. The molecule has 0 radical (unpaired) electrons. The van der Waals surface area contributed by atoms with Gasteiger partial charge in [0.1, 0.15) is 5.03 Å². The second kappa shape index (κ2) is 8.90. The molecule has 4 heteroatoms. The van der Waals surface area contributed by atoms with Crippen molar-refractivity contribution < 1.29 is 0 Å². The van der Waals surface area contributed by atoms with Gasteiger partial charge >= 0.3 is 0 Å². The van der Waals surface area contributed by atoms with Crippen LogP contribution in [0.2, 0.25) is 0 Å². The van der Waals surface area contributed by atoms with Gasteiger partial charge in [-0.3, -0.25) is 4.99 Å². The topological polar surface area (TPSA) is 38.4 Å². The Hall–Kier alpha value is -0.190. The fourth-order valence-electron chi connectivity index (χ4n) is 0.436. The highest BCUT2D eigenvalue weighted by Gasteiger charge is 1.92. The van der Waals surface area contributed by atoms with Gasteiger partial charge in [0.2, 0.25) is 0 Å². The van der Waals surface area contributed by atoms with Gasteiger partial charge in [0.25, 0.3) is 0 Å². The van der Waals surface area contributed by atoms with E-state index in [9.17, 15) is 0 Å². The van der Waals surface area contributed by atoms with Crippen LogP contribution in [0.3, 0.4) is 0 Å². The van der Waals surface area contributed by atoms with E-state index in [0.717, 1.165) is 10.8 Å². The second-order valence-corrected chi connectivity index (χ2v) is 4.32. The van der Waals surface area contributed by atoms with Crippen molar-refractivity contribution in [3.63, 3.8) is 0 Å². The maximum atomic E-state index is 5.34. The van der Waals surface area contributed by atoms with E-state index in [1.807, 2.05) is 25.2 Å². The minimum absolute atomic E-state index is 0.700. The van der Waals surface area contributed by atoms with Gasteiger partial charge < -0.3 is 5.73 Å². The molecule has 0 aliphatic carbocycles. The lowest BCUT2D eigenvalue weighted by Gasteiger charge is -1.97. The molecule has 2 nitrogen and oxygen atoms in total. The number of hydrogen-bond donors (Lipinski definition) is 1. The molecular weight excluding hydrogens is 188 g/mol. The number of nitrogens with two attached hydrogens (primary N) is 1. The van der Waals surface area contributed by atoms with Crippen LogP contribution in [0.5, 0.6) is 0 Å². The molecule has 0 heterocycles. The molecule has 0 bridgehead atoms. The third-order valence-electron chi connectivity index (χ3n) is 0.933. The summed E-state index contributed by atoms with van der Waals surface area (Å²) in [7, 11) is 3.30. The molecule has 0 unspecified atom stereocenters. The predicted molar refractivity (Wildman–Crippen MR) is 61.5 cm³/mol. The van der Waals surface area contributed by atoms with Crippen molar-refractivity contribution in [3.8, 4) is 0 Å². The summed E-state index contributed by atoms with van der Waals surface area (Å²) in [5.74, 6) is 0.938. The molecule has 0 aromatic heterocycles. The van der Waals surface area contributed by atoms with Crippen LogP contribution in [-0.4, -0.2) is 19.0 Å². The van der Waals surface area contributed by atoms with Crippen LogP contribution in [0.25, 0.3) is 0 Å². The van der Waals surface area contributed by atoms with Crippen molar-refractivity contribution in [1.29, 1.82) is 0 Å². The molecule has 0 spiro atoms. The lowest BCUT2D eigenvalue weighted by atomic mass is 10.5. The molecule has 68 valence electrons. The smallest absolute Gasteiger partial charge is 0.106 e. The van der Waals surface area contributed by atoms with Crippen molar-refractivity contribution in [1.82, 2.24) is 0 Å². The van der Waals surface area contributed by atoms with Gasteiger partial charge in [0.15, 0.2) is 0 Å². The summed E-state index contributed by atoms with van der Waals surface area (Å²) in [4.78, 5) is 3.86. The largest absolute Gasteiger partial charge is 0.330 e. The van der Waals surface area contributed by atoms with Gasteiger partial charge in [0.05, 0.1) is 0 Å². The summed E-state index contributed by atoms with van der Waals surface area (Å²) < 4.78 is 0. The van der Waals surface area contributed by atoms with E-state index >= 15 is 0 Å². The molecule has 0 aromatic carbocycles. The van der Waals surface area contributed by atoms with Crippen LogP contribution in [0, 0.1) is 0 Å². The highest BCUT2D eigenvalue weighted by molar-refractivity contribution is 8.78. The fourth-order valence-corrected chi connectivity index (χ4v) is 2.15. The van der Waals surface area contributed by atoms with E-state index in [0.29, 0.717) is 6.54 Å². The number of aliphatic imine (C=N–C) groups is 1. The molecule has 12 heavy (non-hydrogen) atoms. The van der Waals surface area contributed by atoms with Crippen LogP contribution in [0.4, 0.5) is 0 Å². The van der Waals surface area contributed by atoms with Crippen molar-refractivity contribution >= 4 is 28.3 Å². The van der Waals surface area contributed by atoms with E-state index in [1.54, 1.807) is 21.6 Å². The molecular formula is C8H14N2S2. The van der Waals surface area contributed by atoms with Gasteiger partial charge in [-0.05, 0) is 30.5 Å². The zero-order valence-corrected chi connectivity index (χ0v) is 8.83. The zero-order valence-electron chi connectivity index (χ0n) is 7.19. The summed E-state index contributed by atoms with van der Waals surface area (Å²) in [5, 5.41) is 0.923. The first-order valence-electron chi connectivity index (χ1n) is 3.64. The maximum absolute atomic E-state index is 5.34. The third kappa shape index (κ3) is 6.52. The maximum Gasteiger partial charge on any atom is 0.106 e. The minimum Gasteiger partial charge on any atom is -0.330 e. The molecule has 0 rings (SSSR count). The Kier molecular flexibility index (Phi) is 8.76. The zero-order chi connectivity index (χ0) is 9.23. The molecule has 0 fully saturated rings. The highest BCUT2D eigenvalue weighted by Crippen LogP contribution is 2.29. The molecule has 2 N–H and O–H groups in total. The van der Waals surface area contributed by atoms with Crippen LogP contribution in [0.1, 0.15) is 6.92 Å². The normalized spacial score (nSPS) is 12.3. The lowest BCUT2D eigenvalue weighted by Crippen LogP contribution is -1.99. The summed E-state index contributed by atoms with van der Waals surface area (Å²) in [6, 6.07) is 0. The Balaban J connectivity index is 3.74. The summed E-state index contributed by atoms with van der Waals surface area (Å²) in [6.45, 7) is 6.14. The van der Waals surface area contributed by atoms with Crippen molar-refractivity contribution in [2.75, 3.05) is 12.3 Å². The van der Waals surface area contributed by atoms with Crippen molar-refractivity contribution in [2.24, 2.45) is 10.7 Å². The molecule has 0 saturated carbocycles. The molecule has 0 aliphatic heterocycles. The summed E-state index contributed by atoms with van der Waals surface area (Å²) >= 11 is 0. The minimum atomic E-state index is 0.700. The van der Waals surface area contributed by atoms with Crippen molar-refractivity contribution in [3.05, 3.63) is 23.3 Å². The number of rotatable bonds is 6. The van der Waals surface area contributed by atoms with Crippen LogP contribution in [0.15, 0.2) is 28.2 Å². The average molecular weight is 202 g/mol. The van der Waals surface area contributed by atoms with E-state index in [-0.39, 0.29) is 0 Å². The predicted octanol–water partition coefficient (Wildman–Crippen LogP) is 2.44. The molecule has 0 saturated heterocycles. The van der Waals surface area contributed by atoms with Crippen molar-refractivity contribution in [2.45, 2.75) is 6.92 Å². The monoisotopic (exact) mass is 202 g/mol. The Morgan fingerprint density at radius 2 is 2.42 bits per heavy atom. The highest BCUT2D eigenvalue weighted by atomic mass is 33.1. The molecule has 0 atom stereocenters. The van der Waals surface area contributed by atoms with E-state index in [4.69, 9.17) is 5.73 Å². The first kappa shape index (κ1) is 11.8. The number of allylic oxidation sites excluding steroid dienone is 3. The lowest BCUT2D eigenvalue weighted by molar-refractivity contribution is 1.16. The molecule has 0 aromatic rings. The van der Waals surface area contributed by atoms with E-state index in [2.05, 4.69) is 11.7 Å². The number of nitrogens with zero attached hydrogens (tertiary/aromatic N) is 1. The third-order valence-corrected chi connectivity index (χ3v) is 3.25. The first-order valence-corrected chi connectivity index (χ1v) is 5.96. The van der Waals surface area contributed by atoms with Crippen LogP contribution >= 0.6 is 21.6 Å². The Labute approximate surface area is 81.8 Å². The Bertz CT molecular complexity index is 176. The first-order chi connectivity index (χ1) is 5.85. The van der Waals surface area contributed by atoms with Crippen LogP contribution in [-0.2, 0) is 0 Å². The Morgan fingerprint density at radius 1 is 1.67 bits per heavy atom. The fraction of sp³-hybridized carbons (Fsp3) is 0.375. The second-order valence-electron chi connectivity index (χ2n) is 1.88.